The summed E-state index contributed by atoms with van der Waals surface area (Å²) < 4.78 is 6.13. The van der Waals surface area contributed by atoms with Crippen molar-refractivity contribution in [1.82, 2.24) is 10.2 Å². The van der Waals surface area contributed by atoms with Crippen molar-refractivity contribution in [3.63, 3.8) is 0 Å². The topological polar surface area (TPSA) is 41.6 Å². The molecule has 0 aromatic heterocycles. The molecule has 1 saturated carbocycles. The van der Waals surface area contributed by atoms with Gasteiger partial charge in [0.25, 0.3) is 0 Å². The van der Waals surface area contributed by atoms with Gasteiger partial charge in [-0.25, -0.2) is 0 Å². The fourth-order valence-corrected chi connectivity index (χ4v) is 3.68. The fraction of sp³-hybridized carbons (Fsp3) is 0.941. The molecule has 4 nitrogen and oxygen atoms in total. The Morgan fingerprint density at radius 2 is 2.00 bits per heavy atom. The van der Waals surface area contributed by atoms with E-state index in [1.807, 2.05) is 4.90 Å². The van der Waals surface area contributed by atoms with Crippen LogP contribution in [-0.2, 0) is 9.53 Å². The van der Waals surface area contributed by atoms with E-state index in [9.17, 15) is 4.79 Å². The van der Waals surface area contributed by atoms with Gasteiger partial charge in [-0.2, -0.15) is 0 Å². The summed E-state index contributed by atoms with van der Waals surface area (Å²) in [6.07, 6.45) is 4.64. The van der Waals surface area contributed by atoms with Crippen molar-refractivity contribution < 1.29 is 9.53 Å². The lowest BCUT2D eigenvalue weighted by Gasteiger charge is -2.37. The zero-order valence-electron chi connectivity index (χ0n) is 13.9. The molecule has 122 valence electrons. The van der Waals surface area contributed by atoms with Crippen LogP contribution in [0.5, 0.6) is 0 Å². The van der Waals surface area contributed by atoms with Crippen LogP contribution in [0.2, 0.25) is 0 Å². The van der Waals surface area contributed by atoms with Gasteiger partial charge in [0.15, 0.2) is 0 Å². The van der Waals surface area contributed by atoms with Crippen LogP contribution < -0.4 is 5.32 Å². The van der Waals surface area contributed by atoms with Crippen LogP contribution in [0.25, 0.3) is 0 Å². The molecule has 0 aromatic carbocycles. The second-order valence-electron chi connectivity index (χ2n) is 7.12. The van der Waals surface area contributed by atoms with Gasteiger partial charge in [0.05, 0.1) is 19.1 Å². The Morgan fingerprint density at radius 1 is 1.29 bits per heavy atom. The molecule has 2 fully saturated rings. The van der Waals surface area contributed by atoms with Crippen LogP contribution in [0.4, 0.5) is 0 Å². The van der Waals surface area contributed by atoms with E-state index in [1.165, 1.54) is 12.8 Å². The molecule has 1 aliphatic heterocycles. The molecule has 1 heterocycles. The molecule has 4 heteroatoms. The van der Waals surface area contributed by atoms with Crippen molar-refractivity contribution >= 4 is 5.91 Å². The molecule has 0 bridgehead atoms. The van der Waals surface area contributed by atoms with Crippen LogP contribution in [-0.4, -0.2) is 49.7 Å². The first-order chi connectivity index (χ1) is 10.1. The highest BCUT2D eigenvalue weighted by Crippen LogP contribution is 2.35. The number of carbonyl (C=O) groups is 1. The summed E-state index contributed by atoms with van der Waals surface area (Å²) in [5, 5.41) is 3.28. The molecule has 3 unspecified atom stereocenters. The Hall–Kier alpha value is -0.610. The zero-order valence-corrected chi connectivity index (χ0v) is 13.9. The second kappa shape index (κ2) is 8.14. The number of rotatable bonds is 5. The molecule has 1 N–H and O–H groups in total. The Morgan fingerprint density at radius 3 is 2.67 bits per heavy atom. The molecule has 21 heavy (non-hydrogen) atoms. The minimum Gasteiger partial charge on any atom is -0.377 e. The number of piperazine rings is 1. The molecule has 0 spiro atoms. The third-order valence-electron chi connectivity index (χ3n) is 5.08. The maximum Gasteiger partial charge on any atom is 0.224 e. The second-order valence-corrected chi connectivity index (χ2v) is 7.12. The van der Waals surface area contributed by atoms with E-state index in [0.29, 0.717) is 31.0 Å². The number of carbonyl (C=O) groups excluding carboxylic acids is 1. The summed E-state index contributed by atoms with van der Waals surface area (Å²) in [4.78, 5) is 14.1. The lowest BCUT2D eigenvalue weighted by atomic mass is 9.75. The quantitative estimate of drug-likeness (QED) is 0.846. The fourth-order valence-electron chi connectivity index (χ4n) is 3.68. The van der Waals surface area contributed by atoms with Crippen molar-refractivity contribution in [3.05, 3.63) is 0 Å². The highest BCUT2D eigenvalue weighted by molar-refractivity contribution is 5.76. The molecular weight excluding hydrogens is 264 g/mol. The number of hydrogen-bond acceptors (Lipinski definition) is 3. The van der Waals surface area contributed by atoms with Crippen molar-refractivity contribution in [2.75, 3.05) is 32.8 Å². The van der Waals surface area contributed by atoms with E-state index in [1.54, 1.807) is 0 Å². The summed E-state index contributed by atoms with van der Waals surface area (Å²) in [7, 11) is 0. The Kier molecular flexibility index (Phi) is 6.49. The molecule has 0 aromatic rings. The van der Waals surface area contributed by atoms with Gasteiger partial charge in [-0.1, -0.05) is 27.2 Å². The highest BCUT2D eigenvalue weighted by atomic mass is 16.5. The highest BCUT2D eigenvalue weighted by Gasteiger charge is 2.31. The van der Waals surface area contributed by atoms with Gasteiger partial charge in [-0.15, -0.1) is 0 Å². The summed E-state index contributed by atoms with van der Waals surface area (Å²) in [5.74, 6) is 2.34. The van der Waals surface area contributed by atoms with Gasteiger partial charge >= 0.3 is 0 Å². The molecular formula is C17H32N2O2. The van der Waals surface area contributed by atoms with Gasteiger partial charge in [0.2, 0.25) is 5.91 Å². The Bertz CT molecular complexity index is 327. The Balaban J connectivity index is 1.73. The van der Waals surface area contributed by atoms with Gasteiger partial charge < -0.3 is 15.0 Å². The van der Waals surface area contributed by atoms with Crippen molar-refractivity contribution in [2.45, 2.75) is 52.6 Å². The summed E-state index contributed by atoms with van der Waals surface area (Å²) in [6.45, 7) is 11.0. The zero-order chi connectivity index (χ0) is 15.2. The monoisotopic (exact) mass is 296 g/mol. The van der Waals surface area contributed by atoms with E-state index in [0.717, 1.165) is 38.5 Å². The van der Waals surface area contributed by atoms with E-state index in [-0.39, 0.29) is 5.91 Å². The normalized spacial score (nSPS) is 30.7. The van der Waals surface area contributed by atoms with E-state index in [2.05, 4.69) is 26.1 Å². The molecule has 2 rings (SSSR count). The molecule has 1 saturated heterocycles. The SMILES string of the molecule is CC1CCC(C(C)C)C(OCCC(=O)N2CCNCC2)C1. The molecule has 3 atom stereocenters. The van der Waals surface area contributed by atoms with Crippen LogP contribution in [0.1, 0.15) is 46.5 Å². The summed E-state index contributed by atoms with van der Waals surface area (Å²) in [6, 6.07) is 0. The minimum atomic E-state index is 0.251. The standard InChI is InChI=1S/C17H32N2O2/c1-13(2)15-5-4-14(3)12-16(15)21-11-6-17(20)19-9-7-18-8-10-19/h13-16,18H,4-12H2,1-3H3. The van der Waals surface area contributed by atoms with Gasteiger partial charge in [-0.05, 0) is 30.6 Å². The first kappa shape index (κ1) is 16.8. The maximum atomic E-state index is 12.1. The van der Waals surface area contributed by atoms with Crippen LogP contribution in [0, 0.1) is 17.8 Å². The van der Waals surface area contributed by atoms with E-state index in [4.69, 9.17) is 4.74 Å². The smallest absolute Gasteiger partial charge is 0.224 e. The van der Waals surface area contributed by atoms with E-state index < -0.39 is 0 Å². The Labute approximate surface area is 129 Å². The number of nitrogens with one attached hydrogen (secondary N) is 1. The molecule has 0 radical (unpaired) electrons. The van der Waals surface area contributed by atoms with Crippen molar-refractivity contribution in [2.24, 2.45) is 17.8 Å². The first-order valence-corrected chi connectivity index (χ1v) is 8.68. The van der Waals surface area contributed by atoms with Crippen LogP contribution in [0.15, 0.2) is 0 Å². The summed E-state index contributed by atoms with van der Waals surface area (Å²) in [5.41, 5.74) is 0. The number of hydrogen-bond donors (Lipinski definition) is 1. The summed E-state index contributed by atoms with van der Waals surface area (Å²) >= 11 is 0. The number of nitrogens with zero attached hydrogens (tertiary/aromatic N) is 1. The molecule has 2 aliphatic rings. The average Bonchev–Trinajstić information content (AvgIpc) is 2.48. The largest absolute Gasteiger partial charge is 0.377 e. The molecule has 1 aliphatic carbocycles. The number of ether oxygens (including phenoxy) is 1. The minimum absolute atomic E-state index is 0.251. The average molecular weight is 296 g/mol. The lowest BCUT2D eigenvalue weighted by Crippen LogP contribution is -2.46. The first-order valence-electron chi connectivity index (χ1n) is 8.68. The number of amides is 1. The molecule has 1 amide bonds. The lowest BCUT2D eigenvalue weighted by molar-refractivity contribution is -0.134. The third kappa shape index (κ3) is 4.96. The predicted molar refractivity (Wildman–Crippen MR) is 85.1 cm³/mol. The third-order valence-corrected chi connectivity index (χ3v) is 5.08. The van der Waals surface area contributed by atoms with Crippen LogP contribution >= 0.6 is 0 Å². The van der Waals surface area contributed by atoms with E-state index >= 15 is 0 Å². The predicted octanol–water partition coefficient (Wildman–Crippen LogP) is 2.29. The van der Waals surface area contributed by atoms with Crippen molar-refractivity contribution in [1.29, 1.82) is 0 Å². The maximum absolute atomic E-state index is 12.1. The van der Waals surface area contributed by atoms with Crippen LogP contribution in [0.3, 0.4) is 0 Å². The van der Waals surface area contributed by atoms with Gasteiger partial charge in [-0.3, -0.25) is 4.79 Å². The van der Waals surface area contributed by atoms with Gasteiger partial charge in [0.1, 0.15) is 0 Å². The van der Waals surface area contributed by atoms with Crippen molar-refractivity contribution in [3.8, 4) is 0 Å². The van der Waals surface area contributed by atoms with Gasteiger partial charge in [0, 0.05) is 26.2 Å².